The lowest BCUT2D eigenvalue weighted by atomic mass is 10.2. The van der Waals surface area contributed by atoms with Crippen molar-refractivity contribution in [1.82, 2.24) is 0 Å². The number of hydrogen-bond acceptors (Lipinski definition) is 3. The van der Waals surface area contributed by atoms with Gasteiger partial charge in [0.15, 0.2) is 6.61 Å². The van der Waals surface area contributed by atoms with Gasteiger partial charge in [-0.05, 0) is 30.3 Å². The van der Waals surface area contributed by atoms with Gasteiger partial charge in [0.2, 0.25) is 0 Å². The molecule has 4 nitrogen and oxygen atoms in total. The zero-order chi connectivity index (χ0) is 15.4. The van der Waals surface area contributed by atoms with E-state index in [0.717, 1.165) is 6.07 Å². The number of hydrogen-bond donors (Lipinski definition) is 2. The zero-order valence-corrected chi connectivity index (χ0v) is 12.2. The average Bonchev–Trinajstić information content (AvgIpc) is 2.43. The monoisotopic (exact) mass is 328 g/mol. The van der Waals surface area contributed by atoms with Gasteiger partial charge in [-0.1, -0.05) is 23.2 Å². The fraction of sp³-hybridized carbons (Fsp3) is 0.0714. The third-order valence-corrected chi connectivity index (χ3v) is 3.09. The number of benzene rings is 2. The molecule has 0 atom stereocenters. The number of rotatable bonds is 4. The van der Waals surface area contributed by atoms with E-state index in [1.807, 2.05) is 0 Å². The molecule has 3 N–H and O–H groups in total. The molecule has 0 aliphatic rings. The van der Waals surface area contributed by atoms with Crippen LogP contribution < -0.4 is 15.8 Å². The molecule has 0 spiro atoms. The van der Waals surface area contributed by atoms with Crippen molar-refractivity contribution in [2.24, 2.45) is 0 Å². The summed E-state index contributed by atoms with van der Waals surface area (Å²) in [6.45, 7) is -0.289. The van der Waals surface area contributed by atoms with E-state index in [-0.39, 0.29) is 17.4 Å². The standard InChI is InChI=1S/C14H11Cl2FN2O2/c15-8-1-4-13(12(18)5-8)19-14(20)7-21-9-2-3-10(16)11(17)6-9/h1-6H,7,18H2,(H,19,20). The minimum atomic E-state index is -0.614. The Morgan fingerprint density at radius 2 is 2.00 bits per heavy atom. The fourth-order valence-corrected chi connectivity index (χ4v) is 1.85. The predicted molar refractivity (Wildman–Crippen MR) is 81.4 cm³/mol. The molecule has 2 aromatic rings. The summed E-state index contributed by atoms with van der Waals surface area (Å²) in [5, 5.41) is 3.02. The number of nitrogens with two attached hydrogens (primary N) is 1. The molecule has 110 valence electrons. The molecule has 0 heterocycles. The highest BCUT2D eigenvalue weighted by Gasteiger charge is 2.08. The summed E-state index contributed by atoms with van der Waals surface area (Å²) in [5.74, 6) is -0.841. The van der Waals surface area contributed by atoms with Gasteiger partial charge >= 0.3 is 0 Å². The highest BCUT2D eigenvalue weighted by Crippen LogP contribution is 2.23. The predicted octanol–water partition coefficient (Wildman–Crippen LogP) is 3.73. The minimum absolute atomic E-state index is 0.0132. The van der Waals surface area contributed by atoms with Gasteiger partial charge in [0.05, 0.1) is 16.4 Å². The van der Waals surface area contributed by atoms with Gasteiger partial charge in [-0.25, -0.2) is 4.39 Å². The van der Waals surface area contributed by atoms with E-state index in [2.05, 4.69) is 5.32 Å². The van der Waals surface area contributed by atoms with Gasteiger partial charge in [-0.2, -0.15) is 0 Å². The zero-order valence-electron chi connectivity index (χ0n) is 10.7. The molecule has 0 aliphatic carbocycles. The van der Waals surface area contributed by atoms with Crippen molar-refractivity contribution in [3.63, 3.8) is 0 Å². The molecule has 0 bridgehead atoms. The fourth-order valence-electron chi connectivity index (χ4n) is 1.55. The average molecular weight is 329 g/mol. The van der Waals surface area contributed by atoms with Gasteiger partial charge in [0, 0.05) is 11.1 Å². The van der Waals surface area contributed by atoms with Crippen molar-refractivity contribution < 1.29 is 13.9 Å². The Kier molecular flexibility index (Phi) is 4.88. The molecular formula is C14H11Cl2FN2O2. The molecule has 0 saturated heterocycles. The first kappa shape index (κ1) is 15.4. The van der Waals surface area contributed by atoms with Crippen LogP contribution in [0.5, 0.6) is 5.75 Å². The Morgan fingerprint density at radius 3 is 2.67 bits per heavy atom. The third kappa shape index (κ3) is 4.24. The minimum Gasteiger partial charge on any atom is -0.484 e. The van der Waals surface area contributed by atoms with Crippen LogP contribution in [0, 0.1) is 5.82 Å². The summed E-state index contributed by atoms with van der Waals surface area (Å²) in [5.41, 5.74) is 6.48. The lowest BCUT2D eigenvalue weighted by molar-refractivity contribution is -0.118. The van der Waals surface area contributed by atoms with E-state index in [0.29, 0.717) is 16.4 Å². The smallest absolute Gasteiger partial charge is 0.262 e. The first-order chi connectivity index (χ1) is 9.95. The molecule has 1 amide bonds. The number of halogens is 3. The Hall–Kier alpha value is -1.98. The van der Waals surface area contributed by atoms with E-state index in [1.54, 1.807) is 12.1 Å². The molecule has 2 aromatic carbocycles. The van der Waals surface area contributed by atoms with Crippen LogP contribution in [0.25, 0.3) is 0 Å². The Bertz CT molecular complexity index is 680. The second-order valence-electron chi connectivity index (χ2n) is 4.14. The van der Waals surface area contributed by atoms with E-state index in [9.17, 15) is 9.18 Å². The first-order valence-corrected chi connectivity index (χ1v) is 6.64. The van der Waals surface area contributed by atoms with Crippen LogP contribution in [0.3, 0.4) is 0 Å². The Morgan fingerprint density at radius 1 is 1.24 bits per heavy atom. The molecule has 0 aliphatic heterocycles. The second-order valence-corrected chi connectivity index (χ2v) is 4.99. The molecule has 21 heavy (non-hydrogen) atoms. The number of ether oxygens (including phenoxy) is 1. The van der Waals surface area contributed by atoms with E-state index in [4.69, 9.17) is 33.7 Å². The van der Waals surface area contributed by atoms with Crippen molar-refractivity contribution in [3.05, 3.63) is 52.3 Å². The molecular weight excluding hydrogens is 318 g/mol. The van der Waals surface area contributed by atoms with Crippen LogP contribution in [-0.2, 0) is 4.79 Å². The van der Waals surface area contributed by atoms with Gasteiger partial charge in [0.1, 0.15) is 11.6 Å². The molecule has 2 rings (SSSR count). The number of nitrogens with one attached hydrogen (secondary N) is 1. The summed E-state index contributed by atoms with van der Waals surface area (Å²) < 4.78 is 18.4. The molecule has 0 saturated carbocycles. The van der Waals surface area contributed by atoms with Crippen molar-refractivity contribution in [2.45, 2.75) is 0 Å². The van der Waals surface area contributed by atoms with Gasteiger partial charge in [0.25, 0.3) is 5.91 Å². The lowest BCUT2D eigenvalue weighted by Gasteiger charge is -2.10. The van der Waals surface area contributed by atoms with Crippen LogP contribution in [0.15, 0.2) is 36.4 Å². The molecule has 0 radical (unpaired) electrons. The molecule has 0 aromatic heterocycles. The topological polar surface area (TPSA) is 64.3 Å². The summed E-state index contributed by atoms with van der Waals surface area (Å²) in [6.07, 6.45) is 0. The number of amides is 1. The SMILES string of the molecule is Nc1cc(Cl)ccc1NC(=O)COc1ccc(Cl)c(F)c1. The molecule has 7 heteroatoms. The normalized spacial score (nSPS) is 10.2. The first-order valence-electron chi connectivity index (χ1n) is 5.88. The van der Waals surface area contributed by atoms with Crippen LogP contribution in [-0.4, -0.2) is 12.5 Å². The van der Waals surface area contributed by atoms with Crippen LogP contribution in [0.4, 0.5) is 15.8 Å². The number of carbonyl (C=O) groups excluding carboxylic acids is 1. The molecule has 0 fully saturated rings. The number of carbonyl (C=O) groups is 1. The van der Waals surface area contributed by atoms with Crippen molar-refractivity contribution in [3.8, 4) is 5.75 Å². The third-order valence-electron chi connectivity index (χ3n) is 2.55. The van der Waals surface area contributed by atoms with Gasteiger partial charge in [-0.3, -0.25) is 4.79 Å². The summed E-state index contributed by atoms with van der Waals surface area (Å²) in [4.78, 5) is 11.7. The van der Waals surface area contributed by atoms with Crippen molar-refractivity contribution in [2.75, 3.05) is 17.7 Å². The highest BCUT2D eigenvalue weighted by atomic mass is 35.5. The maximum Gasteiger partial charge on any atom is 0.262 e. The summed E-state index contributed by atoms with van der Waals surface area (Å²) in [6, 6.07) is 8.62. The number of anilines is 2. The van der Waals surface area contributed by atoms with Crippen LogP contribution in [0.1, 0.15) is 0 Å². The largest absolute Gasteiger partial charge is 0.484 e. The Balaban J connectivity index is 1.94. The quantitative estimate of drug-likeness (QED) is 0.840. The Labute approximate surface area is 130 Å². The van der Waals surface area contributed by atoms with E-state index in [1.165, 1.54) is 18.2 Å². The van der Waals surface area contributed by atoms with E-state index >= 15 is 0 Å². The lowest BCUT2D eigenvalue weighted by Crippen LogP contribution is -2.20. The summed E-state index contributed by atoms with van der Waals surface area (Å²) >= 11 is 11.3. The van der Waals surface area contributed by atoms with Gasteiger partial charge in [-0.15, -0.1) is 0 Å². The van der Waals surface area contributed by atoms with E-state index < -0.39 is 11.7 Å². The van der Waals surface area contributed by atoms with Crippen molar-refractivity contribution in [1.29, 1.82) is 0 Å². The van der Waals surface area contributed by atoms with Gasteiger partial charge < -0.3 is 15.8 Å². The van der Waals surface area contributed by atoms with Crippen LogP contribution >= 0.6 is 23.2 Å². The summed E-state index contributed by atoms with van der Waals surface area (Å²) in [7, 11) is 0. The van der Waals surface area contributed by atoms with Crippen LogP contribution in [0.2, 0.25) is 10.0 Å². The molecule has 0 unspecified atom stereocenters. The number of nitrogen functional groups attached to an aromatic ring is 1. The highest BCUT2D eigenvalue weighted by molar-refractivity contribution is 6.31. The maximum absolute atomic E-state index is 13.2. The maximum atomic E-state index is 13.2. The van der Waals surface area contributed by atoms with Crippen molar-refractivity contribution >= 4 is 40.5 Å². The second kappa shape index (κ2) is 6.65.